The third-order valence-electron chi connectivity index (χ3n) is 4.05. The van der Waals surface area contributed by atoms with Crippen LogP contribution in [-0.2, 0) is 9.47 Å². The van der Waals surface area contributed by atoms with E-state index in [9.17, 15) is 5.26 Å². The van der Waals surface area contributed by atoms with Crippen molar-refractivity contribution in [1.29, 1.82) is 5.26 Å². The Bertz CT molecular complexity index is 660. The first-order valence-electron chi connectivity index (χ1n) is 9.33. The van der Waals surface area contributed by atoms with Gasteiger partial charge >= 0.3 is 0 Å². The number of fused-ring (bicyclic) bond motifs is 1. The summed E-state index contributed by atoms with van der Waals surface area (Å²) in [6, 6.07) is 6.22. The molecule has 0 aromatic heterocycles. The Kier molecular flexibility index (Phi) is 8.37. The minimum Gasteiger partial charge on any atom is -0.487 e. The summed E-state index contributed by atoms with van der Waals surface area (Å²) < 4.78 is 22.4. The van der Waals surface area contributed by atoms with Crippen LogP contribution in [0.4, 0.5) is 5.69 Å². The molecule has 0 fully saturated rings. The van der Waals surface area contributed by atoms with Crippen LogP contribution < -0.4 is 9.47 Å². The maximum absolute atomic E-state index is 9.53. The number of nitriles is 1. The van der Waals surface area contributed by atoms with E-state index in [-0.39, 0.29) is 0 Å². The van der Waals surface area contributed by atoms with Crippen molar-refractivity contribution in [3.8, 4) is 17.6 Å². The van der Waals surface area contributed by atoms with Gasteiger partial charge in [-0.15, -0.1) is 0 Å². The fraction of sp³-hybridized carbons (Fsp3) is 0.600. The van der Waals surface area contributed by atoms with Crippen molar-refractivity contribution in [3.63, 3.8) is 0 Å². The molecule has 27 heavy (non-hydrogen) atoms. The molecule has 0 radical (unpaired) electrons. The summed E-state index contributed by atoms with van der Waals surface area (Å²) in [5.41, 5.74) is 0.987. The van der Waals surface area contributed by atoms with Gasteiger partial charge in [0, 0.05) is 24.2 Å². The number of ether oxygens (including phenoxy) is 4. The first-order chi connectivity index (χ1) is 13.0. The fourth-order valence-electron chi connectivity index (χ4n) is 2.71. The Morgan fingerprint density at radius 2 is 1.44 bits per heavy atom. The van der Waals surface area contributed by atoms with Crippen LogP contribution in [0.1, 0.15) is 33.3 Å². The topological polar surface area (TPSA) is 76.3 Å². The van der Waals surface area contributed by atoms with Crippen LogP contribution in [0.2, 0.25) is 0 Å². The largest absolute Gasteiger partial charge is 0.487 e. The summed E-state index contributed by atoms with van der Waals surface area (Å²) in [5, 5.41) is 9.53. The molecule has 0 amide bonds. The van der Waals surface area contributed by atoms with E-state index in [1.54, 1.807) is 18.5 Å². The van der Waals surface area contributed by atoms with Crippen LogP contribution in [0, 0.1) is 11.3 Å². The van der Waals surface area contributed by atoms with Crippen molar-refractivity contribution in [2.45, 2.75) is 39.8 Å². The van der Waals surface area contributed by atoms with Gasteiger partial charge in [-0.05, 0) is 27.7 Å². The number of hydrogen-bond acceptors (Lipinski definition) is 6. The second-order valence-electron chi connectivity index (χ2n) is 6.73. The molecule has 0 N–H and O–H groups in total. The SMILES string of the molecule is CC(C)N(C=Nc1cc2c(cc1C#N)OCCOCCOCCO2)C(C)C. The normalized spacial score (nSPS) is 16.0. The van der Waals surface area contributed by atoms with E-state index in [1.165, 1.54) is 0 Å². The van der Waals surface area contributed by atoms with Crippen LogP contribution in [0.25, 0.3) is 0 Å². The van der Waals surface area contributed by atoms with Crippen LogP contribution in [0.3, 0.4) is 0 Å². The number of hydrogen-bond donors (Lipinski definition) is 0. The molecular weight excluding hydrogens is 346 g/mol. The molecule has 0 saturated heterocycles. The van der Waals surface area contributed by atoms with Gasteiger partial charge in [-0.3, -0.25) is 0 Å². The third kappa shape index (κ3) is 6.42. The predicted molar refractivity (Wildman–Crippen MR) is 104 cm³/mol. The Balaban J connectivity index is 2.30. The number of aliphatic imine (C=N–C) groups is 1. The van der Waals surface area contributed by atoms with Crippen molar-refractivity contribution in [2.24, 2.45) is 4.99 Å². The van der Waals surface area contributed by atoms with Crippen LogP contribution in [-0.4, -0.2) is 63.0 Å². The van der Waals surface area contributed by atoms with E-state index >= 15 is 0 Å². The van der Waals surface area contributed by atoms with Gasteiger partial charge in [0.15, 0.2) is 11.5 Å². The monoisotopic (exact) mass is 375 g/mol. The third-order valence-corrected chi connectivity index (χ3v) is 4.05. The van der Waals surface area contributed by atoms with Crippen molar-refractivity contribution in [3.05, 3.63) is 17.7 Å². The lowest BCUT2D eigenvalue weighted by Crippen LogP contribution is -2.35. The van der Waals surface area contributed by atoms with E-state index in [2.05, 4.69) is 43.7 Å². The summed E-state index contributed by atoms with van der Waals surface area (Å²) in [4.78, 5) is 6.67. The van der Waals surface area contributed by atoms with Crippen molar-refractivity contribution in [2.75, 3.05) is 39.6 Å². The van der Waals surface area contributed by atoms with Gasteiger partial charge in [0.1, 0.15) is 19.3 Å². The first kappa shape index (κ1) is 21.0. The molecule has 0 atom stereocenters. The lowest BCUT2D eigenvalue weighted by molar-refractivity contribution is 0.0223. The molecule has 148 valence electrons. The highest BCUT2D eigenvalue weighted by molar-refractivity contribution is 5.69. The van der Waals surface area contributed by atoms with E-state index in [0.29, 0.717) is 74.5 Å². The second-order valence-corrected chi connectivity index (χ2v) is 6.73. The van der Waals surface area contributed by atoms with Gasteiger partial charge in [0.2, 0.25) is 0 Å². The molecule has 0 bridgehead atoms. The summed E-state index contributed by atoms with van der Waals surface area (Å²) in [6.07, 6.45) is 1.78. The van der Waals surface area contributed by atoms with Crippen LogP contribution >= 0.6 is 0 Å². The molecule has 2 rings (SSSR count). The van der Waals surface area contributed by atoms with E-state index < -0.39 is 0 Å². The van der Waals surface area contributed by atoms with Gasteiger partial charge in [0.25, 0.3) is 0 Å². The molecular formula is C20H29N3O4. The minimum absolute atomic E-state index is 0.306. The molecule has 1 aromatic rings. The van der Waals surface area contributed by atoms with Gasteiger partial charge in [-0.25, -0.2) is 4.99 Å². The molecule has 1 aliphatic rings. The average molecular weight is 375 g/mol. The molecule has 0 unspecified atom stereocenters. The highest BCUT2D eigenvalue weighted by Gasteiger charge is 2.14. The Labute approximate surface area is 161 Å². The summed E-state index contributed by atoms with van der Waals surface area (Å²) >= 11 is 0. The Morgan fingerprint density at radius 1 is 0.926 bits per heavy atom. The second kappa shape index (κ2) is 10.8. The molecule has 0 saturated carbocycles. The first-order valence-corrected chi connectivity index (χ1v) is 9.33. The smallest absolute Gasteiger partial charge is 0.163 e. The molecule has 1 aliphatic heterocycles. The molecule has 7 heteroatoms. The Morgan fingerprint density at radius 3 is 1.96 bits per heavy atom. The lowest BCUT2D eigenvalue weighted by atomic mass is 10.1. The lowest BCUT2D eigenvalue weighted by Gasteiger charge is -2.28. The van der Waals surface area contributed by atoms with Gasteiger partial charge in [0.05, 0.1) is 44.0 Å². The van der Waals surface area contributed by atoms with Crippen molar-refractivity contribution >= 4 is 12.0 Å². The van der Waals surface area contributed by atoms with Gasteiger partial charge in [-0.2, -0.15) is 5.26 Å². The molecule has 0 spiro atoms. The van der Waals surface area contributed by atoms with Crippen molar-refractivity contribution < 1.29 is 18.9 Å². The molecule has 1 aromatic carbocycles. The highest BCUT2D eigenvalue weighted by atomic mass is 16.6. The maximum atomic E-state index is 9.53. The van der Waals surface area contributed by atoms with Crippen LogP contribution in [0.15, 0.2) is 17.1 Å². The zero-order valence-electron chi connectivity index (χ0n) is 16.6. The summed E-state index contributed by atoms with van der Waals surface area (Å²) in [7, 11) is 0. The van der Waals surface area contributed by atoms with E-state index in [4.69, 9.17) is 18.9 Å². The molecule has 0 aliphatic carbocycles. The summed E-state index contributed by atoms with van der Waals surface area (Å²) in [6.45, 7) is 11.1. The predicted octanol–water partition coefficient (Wildman–Crippen LogP) is 3.14. The van der Waals surface area contributed by atoms with Crippen LogP contribution in [0.5, 0.6) is 11.5 Å². The molecule has 1 heterocycles. The zero-order valence-corrected chi connectivity index (χ0v) is 16.6. The average Bonchev–Trinajstić information content (AvgIpc) is 2.62. The molecule has 7 nitrogen and oxygen atoms in total. The maximum Gasteiger partial charge on any atom is 0.163 e. The van der Waals surface area contributed by atoms with E-state index in [1.807, 2.05) is 0 Å². The Hall–Kier alpha value is -2.30. The number of nitrogens with zero attached hydrogens (tertiary/aromatic N) is 3. The van der Waals surface area contributed by atoms with Gasteiger partial charge < -0.3 is 23.8 Å². The van der Waals surface area contributed by atoms with Crippen molar-refractivity contribution in [1.82, 2.24) is 4.90 Å². The minimum atomic E-state index is 0.306. The highest BCUT2D eigenvalue weighted by Crippen LogP contribution is 2.35. The summed E-state index contributed by atoms with van der Waals surface area (Å²) in [5.74, 6) is 1.06. The number of benzene rings is 1. The number of rotatable bonds is 4. The van der Waals surface area contributed by atoms with Gasteiger partial charge in [-0.1, -0.05) is 0 Å². The van der Waals surface area contributed by atoms with E-state index in [0.717, 1.165) is 0 Å². The quantitative estimate of drug-likeness (QED) is 0.594. The zero-order chi connectivity index (χ0) is 19.6. The fourth-order valence-corrected chi connectivity index (χ4v) is 2.71. The standard InChI is InChI=1S/C20H29N3O4/c1-15(2)23(16(3)4)14-22-18-12-20-19(11-17(18)13-21)26-9-7-24-5-6-25-8-10-27-20/h11-12,14-16H,5-10H2,1-4H3.